The van der Waals surface area contributed by atoms with Crippen LogP contribution >= 0.6 is 19.2 Å². The van der Waals surface area contributed by atoms with Gasteiger partial charge in [-0.2, -0.15) is 5.26 Å². The maximum Gasteiger partial charge on any atom is 0.346 e. The van der Waals surface area contributed by atoms with Gasteiger partial charge in [0.15, 0.2) is 26.7 Å². The Balaban J connectivity index is 1.44. The van der Waals surface area contributed by atoms with E-state index in [-0.39, 0.29) is 41.7 Å². The molecular weight excluding hydrogens is 634 g/mol. The standard InChI is InChI=1S/C25H33ClFN4O10PS/c1-2-3-4-5-19(32)39-12-40-42(35,36)13-43(37,38)11-18-21(33)22(34)25(41-18)31-7-6-16-20(29-15-8-14(27)9-15)17(10-28)23(26)30-24(16)31/h6-7,14-15,18,21-22,25,33-34H,2-5,8-9,11-13H2,1H3,(H,29,30)(H,35,36)/t14?,15?,18-,21-,22-,25-/m1/s1. The smallest absolute Gasteiger partial charge is 0.346 e. The Labute approximate surface area is 252 Å². The number of halogens is 2. The SMILES string of the molecule is CCCCCC(=O)OCOP(=O)(O)CS(=O)(=O)C[C@H]1O[C@@H](n2ccc3c(NC4CC(F)C4)c(C#N)c(Cl)nc32)[C@H](O)[C@@H]1O. The van der Waals surface area contributed by atoms with E-state index < -0.39 is 72.2 Å². The van der Waals surface area contributed by atoms with Crippen LogP contribution in [0.3, 0.4) is 0 Å². The minimum Gasteiger partial charge on any atom is -0.438 e. The number of esters is 1. The lowest BCUT2D eigenvalue weighted by Crippen LogP contribution is -2.36. The van der Waals surface area contributed by atoms with Gasteiger partial charge in [-0.1, -0.05) is 31.4 Å². The van der Waals surface area contributed by atoms with E-state index in [2.05, 4.69) is 14.8 Å². The van der Waals surface area contributed by atoms with Crippen LogP contribution in [0.2, 0.25) is 5.15 Å². The molecule has 2 fully saturated rings. The molecule has 18 heteroatoms. The first-order chi connectivity index (χ1) is 20.2. The summed E-state index contributed by atoms with van der Waals surface area (Å²) in [7, 11) is -9.19. The van der Waals surface area contributed by atoms with Crippen LogP contribution in [0.25, 0.3) is 11.0 Å². The van der Waals surface area contributed by atoms with Crippen molar-refractivity contribution >= 4 is 51.7 Å². The lowest BCUT2D eigenvalue weighted by atomic mass is 9.90. The van der Waals surface area contributed by atoms with Crippen LogP contribution in [-0.2, 0) is 33.2 Å². The Morgan fingerprint density at radius 2 is 2.07 bits per heavy atom. The van der Waals surface area contributed by atoms with Gasteiger partial charge in [0.05, 0.1) is 11.4 Å². The van der Waals surface area contributed by atoms with Gasteiger partial charge < -0.3 is 34.5 Å². The summed E-state index contributed by atoms with van der Waals surface area (Å²) < 4.78 is 67.6. The highest BCUT2D eigenvalue weighted by atomic mass is 35.5. The minimum atomic E-state index is -4.77. The quantitative estimate of drug-likeness (QED) is 0.0752. The molecule has 0 aromatic carbocycles. The van der Waals surface area contributed by atoms with Crippen molar-refractivity contribution in [3.05, 3.63) is 23.0 Å². The zero-order valence-electron chi connectivity index (χ0n) is 23.1. The number of anilines is 1. The zero-order chi connectivity index (χ0) is 31.5. The Kier molecular flexibility index (Phi) is 10.7. The van der Waals surface area contributed by atoms with Crippen LogP contribution in [0.15, 0.2) is 12.3 Å². The van der Waals surface area contributed by atoms with E-state index in [1.807, 2.05) is 13.0 Å². The Hall–Kier alpha value is -2.35. The third-order valence-corrected chi connectivity index (χ3v) is 11.7. The maximum absolute atomic E-state index is 13.4. The molecule has 1 saturated heterocycles. The molecule has 0 radical (unpaired) electrons. The number of unbranched alkanes of at least 4 members (excludes halogenated alkanes) is 2. The Morgan fingerprint density at radius 3 is 2.72 bits per heavy atom. The molecule has 0 amide bonds. The molecule has 3 heterocycles. The molecule has 0 bridgehead atoms. The molecule has 14 nitrogen and oxygen atoms in total. The van der Waals surface area contributed by atoms with Gasteiger partial charge in [-0.25, -0.2) is 17.8 Å². The number of carbonyl (C=O) groups excluding carboxylic acids is 1. The summed E-state index contributed by atoms with van der Waals surface area (Å²) in [5.41, 5.74) is -0.865. The number of nitrogens with zero attached hydrogens (tertiary/aromatic N) is 3. The molecule has 2 aromatic rings. The predicted molar refractivity (Wildman–Crippen MR) is 152 cm³/mol. The van der Waals surface area contributed by atoms with Gasteiger partial charge in [-0.15, -0.1) is 0 Å². The van der Waals surface area contributed by atoms with Gasteiger partial charge in [0, 0.05) is 24.0 Å². The number of carbonyl (C=O) groups is 1. The molecule has 4 N–H and O–H groups in total. The Morgan fingerprint density at radius 1 is 1.35 bits per heavy atom. The fraction of sp³-hybridized carbons (Fsp3) is 0.640. The van der Waals surface area contributed by atoms with E-state index in [4.69, 9.17) is 21.1 Å². The third kappa shape index (κ3) is 8.03. The van der Waals surface area contributed by atoms with E-state index in [1.54, 1.807) is 6.07 Å². The van der Waals surface area contributed by atoms with Crippen LogP contribution in [0.1, 0.15) is 57.2 Å². The molecule has 5 atom stereocenters. The number of pyridine rings is 1. The van der Waals surface area contributed by atoms with Crippen LogP contribution in [-0.4, -0.2) is 87.6 Å². The number of nitrogens with one attached hydrogen (secondary N) is 1. The van der Waals surface area contributed by atoms with Crippen LogP contribution in [0, 0.1) is 11.3 Å². The van der Waals surface area contributed by atoms with E-state index >= 15 is 0 Å². The number of aliphatic hydroxyl groups is 2. The molecular formula is C25H33ClFN4O10PS. The molecule has 1 saturated carbocycles. The van der Waals surface area contributed by atoms with Crippen molar-refractivity contribution in [2.45, 2.75) is 82.2 Å². The first-order valence-corrected chi connectivity index (χ1v) is 17.6. The molecule has 1 aliphatic heterocycles. The van der Waals surface area contributed by atoms with Crippen LogP contribution in [0.4, 0.5) is 10.1 Å². The van der Waals surface area contributed by atoms with E-state index in [0.29, 0.717) is 17.5 Å². The van der Waals surface area contributed by atoms with Gasteiger partial charge in [0.1, 0.15) is 41.8 Å². The summed E-state index contributed by atoms with van der Waals surface area (Å²) >= 11 is 6.26. The van der Waals surface area contributed by atoms with Crippen molar-refractivity contribution in [2.24, 2.45) is 0 Å². The van der Waals surface area contributed by atoms with Crippen molar-refractivity contribution in [3.63, 3.8) is 0 Å². The molecule has 43 heavy (non-hydrogen) atoms. The highest BCUT2D eigenvalue weighted by Crippen LogP contribution is 2.44. The van der Waals surface area contributed by atoms with Gasteiger partial charge in [-0.3, -0.25) is 13.9 Å². The maximum atomic E-state index is 13.4. The lowest BCUT2D eigenvalue weighted by molar-refractivity contribution is -0.150. The highest BCUT2D eigenvalue weighted by molar-refractivity contribution is 7.97. The second-order valence-electron chi connectivity index (χ2n) is 10.6. The number of aromatic nitrogens is 2. The van der Waals surface area contributed by atoms with Gasteiger partial charge >= 0.3 is 13.6 Å². The van der Waals surface area contributed by atoms with Gasteiger partial charge in [0.25, 0.3) is 0 Å². The molecule has 238 valence electrons. The first kappa shape index (κ1) is 33.5. The fourth-order valence-corrected chi connectivity index (χ4v) is 8.84. The number of aliphatic hydroxyl groups excluding tert-OH is 2. The van der Waals surface area contributed by atoms with Crippen molar-refractivity contribution in [1.82, 2.24) is 9.55 Å². The monoisotopic (exact) mass is 666 g/mol. The molecule has 0 spiro atoms. The molecule has 4 rings (SSSR count). The molecule has 1 unspecified atom stereocenters. The lowest BCUT2D eigenvalue weighted by Gasteiger charge is -2.31. The van der Waals surface area contributed by atoms with Crippen molar-refractivity contribution in [3.8, 4) is 6.07 Å². The van der Waals surface area contributed by atoms with Crippen molar-refractivity contribution in [2.75, 3.05) is 23.4 Å². The number of hydrogen-bond acceptors (Lipinski definition) is 12. The number of hydrogen-bond donors (Lipinski definition) is 4. The zero-order valence-corrected chi connectivity index (χ0v) is 25.6. The third-order valence-electron chi connectivity index (χ3n) is 7.21. The van der Waals surface area contributed by atoms with E-state index in [0.717, 1.165) is 12.8 Å². The summed E-state index contributed by atoms with van der Waals surface area (Å²) in [5, 5.41) is 34.3. The number of ether oxygens (including phenoxy) is 2. The largest absolute Gasteiger partial charge is 0.438 e. The van der Waals surface area contributed by atoms with E-state index in [9.17, 15) is 42.5 Å². The second-order valence-corrected chi connectivity index (χ2v) is 15.3. The predicted octanol–water partition coefficient (Wildman–Crippen LogP) is 2.75. The average Bonchev–Trinajstić information content (AvgIpc) is 3.42. The number of nitriles is 1. The molecule has 1 aliphatic carbocycles. The first-order valence-electron chi connectivity index (χ1n) is 13.6. The molecule has 2 aliphatic rings. The van der Waals surface area contributed by atoms with Crippen LogP contribution in [0.5, 0.6) is 0 Å². The van der Waals surface area contributed by atoms with Gasteiger partial charge in [0.2, 0.25) is 6.79 Å². The summed E-state index contributed by atoms with van der Waals surface area (Å²) in [6.45, 7) is 1.04. The highest BCUT2D eigenvalue weighted by Gasteiger charge is 2.47. The number of fused-ring (bicyclic) bond motifs is 1. The number of alkyl halides is 1. The fourth-order valence-electron chi connectivity index (χ4n) is 4.92. The average molecular weight is 667 g/mol. The summed E-state index contributed by atoms with van der Waals surface area (Å²) in [5.74, 6) is -1.60. The minimum absolute atomic E-state index is 0.0352. The molecule has 2 aromatic heterocycles. The summed E-state index contributed by atoms with van der Waals surface area (Å²) in [4.78, 5) is 25.9. The second kappa shape index (κ2) is 13.7. The number of rotatable bonds is 14. The Bertz CT molecular complexity index is 1530. The van der Waals surface area contributed by atoms with Gasteiger partial charge in [-0.05, 0) is 25.3 Å². The van der Waals surface area contributed by atoms with Crippen LogP contribution < -0.4 is 5.32 Å². The number of sulfone groups is 1. The van der Waals surface area contributed by atoms with Crippen molar-refractivity contribution < 1.29 is 51.3 Å². The normalized spacial score (nSPS) is 26.9. The summed E-state index contributed by atoms with van der Waals surface area (Å²) in [6, 6.07) is 3.29. The topological polar surface area (TPSA) is 210 Å². The van der Waals surface area contributed by atoms with Crippen molar-refractivity contribution in [1.29, 1.82) is 5.26 Å². The summed E-state index contributed by atoms with van der Waals surface area (Å²) in [6.07, 6.45) is -2.92. The van der Waals surface area contributed by atoms with E-state index in [1.165, 1.54) is 10.8 Å².